The Labute approximate surface area is 232 Å². The van der Waals surface area contributed by atoms with E-state index in [1.165, 1.54) is 36.1 Å². The predicted octanol–water partition coefficient (Wildman–Crippen LogP) is 5.00. The van der Waals surface area contributed by atoms with Crippen LogP contribution in [0.25, 0.3) is 0 Å². The van der Waals surface area contributed by atoms with Crippen LogP contribution in [0, 0.1) is 0 Å². The van der Waals surface area contributed by atoms with E-state index in [-0.39, 0.29) is 12.6 Å². The van der Waals surface area contributed by atoms with Crippen LogP contribution in [0.5, 0.6) is 0 Å². The Morgan fingerprint density at radius 2 is 1.23 bits per heavy atom. The molecule has 1 aliphatic heterocycles. The fraction of sp³-hybridized carbons (Fsp3) is 0.312. The van der Waals surface area contributed by atoms with Crippen LogP contribution < -0.4 is 0 Å². The number of carboxylic acids is 1. The Kier molecular flexibility index (Phi) is 15.6. The van der Waals surface area contributed by atoms with Crippen LogP contribution >= 0.6 is 0 Å². The minimum Gasteiger partial charge on any atom is -0.483 e. The number of rotatable bonds is 11. The van der Waals surface area contributed by atoms with E-state index in [1.807, 2.05) is 0 Å². The molecule has 208 valence electrons. The first-order chi connectivity index (χ1) is 19.1. The molecule has 0 spiro atoms. The summed E-state index contributed by atoms with van der Waals surface area (Å²) in [5.74, 6) is -0.981. The monoisotopic (exact) mass is 532 g/mol. The van der Waals surface area contributed by atoms with E-state index in [2.05, 4.69) is 107 Å². The zero-order chi connectivity index (χ0) is 28.1. The molecular formula is C32H40N2O5. The molecule has 7 nitrogen and oxygen atoms in total. The smallest absolute Gasteiger partial charge is 0.327 e. The van der Waals surface area contributed by atoms with Crippen molar-refractivity contribution in [2.45, 2.75) is 18.9 Å². The van der Waals surface area contributed by atoms with Gasteiger partial charge >= 0.3 is 5.97 Å². The van der Waals surface area contributed by atoms with E-state index >= 15 is 0 Å². The Morgan fingerprint density at radius 3 is 1.67 bits per heavy atom. The number of piperazine rings is 1. The molecule has 0 unspecified atom stereocenters. The molecule has 39 heavy (non-hydrogen) atoms. The van der Waals surface area contributed by atoms with Gasteiger partial charge in [-0.05, 0) is 36.1 Å². The summed E-state index contributed by atoms with van der Waals surface area (Å²) >= 11 is 0. The molecule has 4 rings (SSSR count). The molecule has 0 atom stereocenters. The second-order valence-corrected chi connectivity index (χ2v) is 8.99. The van der Waals surface area contributed by atoms with Gasteiger partial charge in [0.2, 0.25) is 0 Å². The molecule has 0 aliphatic carbocycles. The van der Waals surface area contributed by atoms with Gasteiger partial charge in [-0.15, -0.1) is 0 Å². The predicted molar refractivity (Wildman–Crippen MR) is 155 cm³/mol. The topological polar surface area (TPSA) is 90.3 Å². The standard InChI is InChI=1S/C28H34N2O.C3H4O2.CH2O2/c1-4-11-25(12-5-1)13-10-18-29-19-21-30(22-20-29)23-24-31-28(26-14-6-2-7-15-26)27-16-8-3-9-17-27;1-2-3(4)5;2-1-3/h1-9,11-12,14-17,28H,10,13,18-24H2;2H,1H2,(H,4,5);1H,(H,2,3). The van der Waals surface area contributed by atoms with Crippen molar-refractivity contribution in [2.75, 3.05) is 45.9 Å². The normalized spacial score (nSPS) is 13.4. The minimum absolute atomic E-state index is 0.00155. The number of carbonyl (C=O) groups is 2. The maximum Gasteiger partial charge on any atom is 0.327 e. The third-order valence-electron chi connectivity index (χ3n) is 6.32. The van der Waals surface area contributed by atoms with Gasteiger partial charge in [0.1, 0.15) is 6.10 Å². The number of hydrogen-bond donors (Lipinski definition) is 2. The van der Waals surface area contributed by atoms with E-state index in [1.54, 1.807) is 0 Å². The van der Waals surface area contributed by atoms with Gasteiger partial charge in [-0.25, -0.2) is 4.79 Å². The van der Waals surface area contributed by atoms with Crippen molar-refractivity contribution in [3.05, 3.63) is 120 Å². The summed E-state index contributed by atoms with van der Waals surface area (Å²) in [5.41, 5.74) is 3.89. The van der Waals surface area contributed by atoms with Gasteiger partial charge in [0.15, 0.2) is 0 Å². The molecule has 1 fully saturated rings. The van der Waals surface area contributed by atoms with Gasteiger partial charge < -0.3 is 19.8 Å². The van der Waals surface area contributed by atoms with Gasteiger partial charge in [-0.3, -0.25) is 9.69 Å². The summed E-state index contributed by atoms with van der Waals surface area (Å²) in [6.45, 7) is 10.2. The number of carboxylic acid groups (broad SMARTS) is 2. The Bertz CT molecular complexity index is 1020. The maximum absolute atomic E-state index is 9.25. The lowest BCUT2D eigenvalue weighted by Crippen LogP contribution is -2.47. The second-order valence-electron chi connectivity index (χ2n) is 8.99. The lowest BCUT2D eigenvalue weighted by molar-refractivity contribution is -0.131. The van der Waals surface area contributed by atoms with Gasteiger partial charge in [0, 0.05) is 38.8 Å². The third-order valence-corrected chi connectivity index (χ3v) is 6.32. The zero-order valence-electron chi connectivity index (χ0n) is 22.5. The molecule has 0 aromatic heterocycles. The van der Waals surface area contributed by atoms with Gasteiger partial charge in [0.25, 0.3) is 6.47 Å². The highest BCUT2D eigenvalue weighted by Gasteiger charge is 2.18. The van der Waals surface area contributed by atoms with Crippen molar-refractivity contribution < 1.29 is 24.5 Å². The van der Waals surface area contributed by atoms with Gasteiger partial charge in [-0.1, -0.05) is 97.6 Å². The first-order valence-electron chi connectivity index (χ1n) is 13.2. The Hall–Kier alpha value is -3.78. The summed E-state index contributed by atoms with van der Waals surface area (Å²) in [6.07, 6.45) is 3.25. The Morgan fingerprint density at radius 1 is 0.821 bits per heavy atom. The number of hydrogen-bond acceptors (Lipinski definition) is 5. The number of nitrogens with zero attached hydrogens (tertiary/aromatic N) is 2. The molecule has 1 saturated heterocycles. The van der Waals surface area contributed by atoms with Crippen molar-refractivity contribution in [1.29, 1.82) is 0 Å². The van der Waals surface area contributed by atoms with Gasteiger partial charge in [0.05, 0.1) is 6.61 Å². The minimum atomic E-state index is -0.981. The van der Waals surface area contributed by atoms with Crippen LogP contribution in [0.3, 0.4) is 0 Å². The molecule has 3 aromatic carbocycles. The quantitative estimate of drug-likeness (QED) is 0.265. The van der Waals surface area contributed by atoms with E-state index in [0.29, 0.717) is 0 Å². The number of aliphatic carboxylic acids is 1. The van der Waals surface area contributed by atoms with Crippen molar-refractivity contribution >= 4 is 12.4 Å². The van der Waals surface area contributed by atoms with E-state index in [0.717, 1.165) is 45.4 Å². The average Bonchev–Trinajstić information content (AvgIpc) is 2.98. The molecule has 3 aromatic rings. The second kappa shape index (κ2) is 19.3. The molecule has 1 heterocycles. The summed E-state index contributed by atoms with van der Waals surface area (Å²) in [7, 11) is 0. The zero-order valence-corrected chi connectivity index (χ0v) is 22.5. The average molecular weight is 533 g/mol. The lowest BCUT2D eigenvalue weighted by atomic mass is 10.0. The van der Waals surface area contributed by atoms with E-state index in [4.69, 9.17) is 19.7 Å². The highest BCUT2D eigenvalue weighted by Crippen LogP contribution is 2.25. The summed E-state index contributed by atoms with van der Waals surface area (Å²) in [6, 6.07) is 31.9. The maximum atomic E-state index is 9.25. The van der Waals surface area contributed by atoms with Crippen LogP contribution in [0.15, 0.2) is 104 Å². The molecule has 0 radical (unpaired) electrons. The highest BCUT2D eigenvalue weighted by molar-refractivity contribution is 5.78. The van der Waals surface area contributed by atoms with Crippen molar-refractivity contribution in [3.8, 4) is 0 Å². The number of aryl methyl sites for hydroxylation is 1. The Balaban J connectivity index is 0.000000590. The molecular weight excluding hydrogens is 492 g/mol. The van der Waals surface area contributed by atoms with Crippen LogP contribution in [-0.4, -0.2) is 78.3 Å². The van der Waals surface area contributed by atoms with Crippen molar-refractivity contribution in [1.82, 2.24) is 9.80 Å². The van der Waals surface area contributed by atoms with Crippen LogP contribution in [0.2, 0.25) is 0 Å². The lowest BCUT2D eigenvalue weighted by Gasteiger charge is -2.35. The largest absolute Gasteiger partial charge is 0.483 e. The van der Waals surface area contributed by atoms with Gasteiger partial charge in [-0.2, -0.15) is 0 Å². The SMILES string of the molecule is C=CC(=O)O.O=CO.c1ccc(CCCN2CCN(CCOC(c3ccccc3)c3ccccc3)CC2)cc1. The van der Waals surface area contributed by atoms with E-state index in [9.17, 15) is 4.79 Å². The molecule has 7 heteroatoms. The molecule has 0 bridgehead atoms. The fourth-order valence-corrected chi connectivity index (χ4v) is 4.33. The molecule has 0 saturated carbocycles. The van der Waals surface area contributed by atoms with Crippen LogP contribution in [0.4, 0.5) is 0 Å². The summed E-state index contributed by atoms with van der Waals surface area (Å²) < 4.78 is 6.40. The van der Waals surface area contributed by atoms with Crippen molar-refractivity contribution in [2.24, 2.45) is 0 Å². The van der Waals surface area contributed by atoms with Crippen LogP contribution in [-0.2, 0) is 20.7 Å². The molecule has 2 N–H and O–H groups in total. The van der Waals surface area contributed by atoms with Crippen molar-refractivity contribution in [3.63, 3.8) is 0 Å². The first kappa shape index (κ1) is 31.4. The summed E-state index contributed by atoms with van der Waals surface area (Å²) in [4.78, 5) is 22.8. The highest BCUT2D eigenvalue weighted by atomic mass is 16.5. The third kappa shape index (κ3) is 13.0. The van der Waals surface area contributed by atoms with Crippen LogP contribution in [0.1, 0.15) is 29.2 Å². The number of ether oxygens (including phenoxy) is 1. The van der Waals surface area contributed by atoms with E-state index < -0.39 is 5.97 Å². The summed E-state index contributed by atoms with van der Waals surface area (Å²) in [5, 5.41) is 14.5. The first-order valence-corrected chi connectivity index (χ1v) is 13.2. The number of benzene rings is 3. The molecule has 0 amide bonds. The fourth-order valence-electron chi connectivity index (χ4n) is 4.33. The molecule has 1 aliphatic rings.